The molecule has 1 aliphatic rings. The van der Waals surface area contributed by atoms with Gasteiger partial charge in [-0.15, -0.1) is 0 Å². The molecule has 7 heteroatoms. The fourth-order valence-corrected chi connectivity index (χ4v) is 3.42. The van der Waals surface area contributed by atoms with Crippen LogP contribution >= 0.6 is 0 Å². The summed E-state index contributed by atoms with van der Waals surface area (Å²) >= 11 is 0. The number of aromatic nitrogens is 1. The average molecular weight is 400 g/mol. The Hall–Kier alpha value is -3.09. The Kier molecular flexibility index (Phi) is 5.13. The number of carbonyl (C=O) groups excluding carboxylic acids is 1. The molecule has 0 bridgehead atoms. The van der Waals surface area contributed by atoms with Gasteiger partial charge in [-0.05, 0) is 43.5 Å². The van der Waals surface area contributed by atoms with E-state index in [0.717, 1.165) is 31.4 Å². The number of halogens is 3. The average Bonchev–Trinajstić information content (AvgIpc) is 3.19. The van der Waals surface area contributed by atoms with Crippen molar-refractivity contribution in [2.75, 3.05) is 13.1 Å². The van der Waals surface area contributed by atoms with E-state index < -0.39 is 11.7 Å². The number of amides is 1. The summed E-state index contributed by atoms with van der Waals surface area (Å²) in [5.74, 6) is 0.194. The van der Waals surface area contributed by atoms with E-state index in [1.54, 1.807) is 17.0 Å². The van der Waals surface area contributed by atoms with E-state index in [0.29, 0.717) is 24.2 Å². The zero-order valence-electron chi connectivity index (χ0n) is 15.6. The van der Waals surface area contributed by atoms with Crippen LogP contribution in [-0.4, -0.2) is 28.9 Å². The fourth-order valence-electron chi connectivity index (χ4n) is 3.42. The second-order valence-electron chi connectivity index (χ2n) is 6.99. The van der Waals surface area contributed by atoms with Crippen LogP contribution in [0.1, 0.15) is 35.3 Å². The van der Waals surface area contributed by atoms with Gasteiger partial charge in [-0.2, -0.15) is 13.2 Å². The predicted molar refractivity (Wildman–Crippen MR) is 102 cm³/mol. The molecule has 0 unspecified atom stereocenters. The van der Waals surface area contributed by atoms with E-state index in [1.807, 2.05) is 18.2 Å². The van der Waals surface area contributed by atoms with Gasteiger partial charge in [0, 0.05) is 24.2 Å². The molecular formula is C22H19F3N2O2. The van der Waals surface area contributed by atoms with Crippen molar-refractivity contribution in [2.24, 2.45) is 0 Å². The summed E-state index contributed by atoms with van der Waals surface area (Å²) in [6.45, 7) is 1.28. The van der Waals surface area contributed by atoms with Gasteiger partial charge < -0.3 is 9.32 Å². The minimum Gasteiger partial charge on any atom is -0.435 e. The number of likely N-dealkylation sites (tertiary alicyclic amines) is 1. The molecule has 0 radical (unpaired) electrons. The quantitative estimate of drug-likeness (QED) is 0.570. The Labute approximate surface area is 166 Å². The molecular weight excluding hydrogens is 381 g/mol. The number of carbonyl (C=O) groups is 1. The van der Waals surface area contributed by atoms with Crippen molar-refractivity contribution in [3.8, 4) is 22.8 Å². The van der Waals surface area contributed by atoms with Crippen LogP contribution < -0.4 is 0 Å². The lowest BCUT2D eigenvalue weighted by molar-refractivity contribution is -0.137. The van der Waals surface area contributed by atoms with Crippen molar-refractivity contribution >= 4 is 5.91 Å². The molecule has 2 aromatic carbocycles. The summed E-state index contributed by atoms with van der Waals surface area (Å²) in [7, 11) is 0. The molecule has 0 atom stereocenters. The van der Waals surface area contributed by atoms with E-state index in [-0.39, 0.29) is 23.3 Å². The van der Waals surface area contributed by atoms with Crippen molar-refractivity contribution in [3.63, 3.8) is 0 Å². The summed E-state index contributed by atoms with van der Waals surface area (Å²) in [5.41, 5.74) is 0.449. The van der Waals surface area contributed by atoms with Crippen LogP contribution in [0.4, 0.5) is 13.2 Å². The molecule has 1 aliphatic heterocycles. The summed E-state index contributed by atoms with van der Waals surface area (Å²) in [6.07, 6.45) is -1.51. The Balaban J connectivity index is 1.76. The van der Waals surface area contributed by atoms with Crippen LogP contribution in [0.5, 0.6) is 0 Å². The first-order chi connectivity index (χ1) is 13.9. The number of nitrogens with zero attached hydrogens (tertiary/aromatic N) is 2. The molecule has 1 amide bonds. The molecule has 1 saturated heterocycles. The topological polar surface area (TPSA) is 46.3 Å². The Morgan fingerprint density at radius 3 is 2.17 bits per heavy atom. The molecule has 0 aliphatic carbocycles. The zero-order chi connectivity index (χ0) is 20.4. The third-order valence-corrected chi connectivity index (χ3v) is 4.97. The lowest BCUT2D eigenvalue weighted by Gasteiger charge is -2.26. The lowest BCUT2D eigenvalue weighted by atomic mass is 10.1. The lowest BCUT2D eigenvalue weighted by Crippen LogP contribution is -2.36. The molecule has 29 heavy (non-hydrogen) atoms. The molecule has 4 nitrogen and oxygen atoms in total. The Bertz CT molecular complexity index is 989. The van der Waals surface area contributed by atoms with Crippen LogP contribution in [0.25, 0.3) is 22.8 Å². The normalized spacial score (nSPS) is 14.8. The van der Waals surface area contributed by atoms with Crippen LogP contribution in [0.15, 0.2) is 59.0 Å². The van der Waals surface area contributed by atoms with Gasteiger partial charge in [0.25, 0.3) is 5.91 Å². The highest BCUT2D eigenvalue weighted by atomic mass is 19.4. The number of alkyl halides is 3. The highest BCUT2D eigenvalue weighted by Gasteiger charge is 2.31. The van der Waals surface area contributed by atoms with Crippen LogP contribution in [0.3, 0.4) is 0 Å². The van der Waals surface area contributed by atoms with E-state index in [2.05, 4.69) is 4.98 Å². The molecule has 1 aromatic heterocycles. The summed E-state index contributed by atoms with van der Waals surface area (Å²) < 4.78 is 44.6. The number of rotatable bonds is 3. The van der Waals surface area contributed by atoms with Crippen LogP contribution in [0, 0.1) is 0 Å². The van der Waals surface area contributed by atoms with Gasteiger partial charge in [0.05, 0.1) is 5.56 Å². The molecule has 0 spiro atoms. The third-order valence-electron chi connectivity index (χ3n) is 4.97. The number of piperidine rings is 1. The smallest absolute Gasteiger partial charge is 0.416 e. The van der Waals surface area contributed by atoms with E-state index >= 15 is 0 Å². The zero-order valence-corrected chi connectivity index (χ0v) is 15.6. The highest BCUT2D eigenvalue weighted by molar-refractivity contribution is 5.98. The van der Waals surface area contributed by atoms with Crippen molar-refractivity contribution in [1.82, 2.24) is 9.88 Å². The first-order valence-electron chi connectivity index (χ1n) is 9.46. The fraction of sp³-hybridized carbons (Fsp3) is 0.273. The minimum atomic E-state index is -4.43. The molecule has 1 fully saturated rings. The van der Waals surface area contributed by atoms with Gasteiger partial charge in [-0.1, -0.05) is 30.3 Å². The SMILES string of the molecule is O=C(c1nc(-c2ccccc2)oc1-c1ccc(C(F)(F)F)cc1)N1CCCCC1. The van der Waals surface area contributed by atoms with Crippen molar-refractivity contribution < 1.29 is 22.4 Å². The van der Waals surface area contributed by atoms with E-state index in [1.165, 1.54) is 12.1 Å². The Morgan fingerprint density at radius 1 is 0.897 bits per heavy atom. The number of hydrogen-bond donors (Lipinski definition) is 0. The molecule has 0 N–H and O–H groups in total. The summed E-state index contributed by atoms with van der Waals surface area (Å²) in [6, 6.07) is 13.7. The molecule has 2 heterocycles. The minimum absolute atomic E-state index is 0.130. The van der Waals surface area contributed by atoms with Gasteiger partial charge in [0.1, 0.15) is 0 Å². The van der Waals surface area contributed by atoms with E-state index in [9.17, 15) is 18.0 Å². The first-order valence-corrected chi connectivity index (χ1v) is 9.46. The monoisotopic (exact) mass is 400 g/mol. The largest absolute Gasteiger partial charge is 0.435 e. The van der Waals surface area contributed by atoms with Gasteiger partial charge in [-0.25, -0.2) is 4.98 Å². The first kappa shape index (κ1) is 19.2. The van der Waals surface area contributed by atoms with E-state index in [4.69, 9.17) is 4.42 Å². The predicted octanol–water partition coefficient (Wildman–Crippen LogP) is 5.65. The maximum Gasteiger partial charge on any atom is 0.416 e. The van der Waals surface area contributed by atoms with Crippen LogP contribution in [-0.2, 0) is 6.18 Å². The van der Waals surface area contributed by atoms with Gasteiger partial charge in [0.2, 0.25) is 5.89 Å². The summed E-state index contributed by atoms with van der Waals surface area (Å²) in [4.78, 5) is 19.2. The molecule has 0 saturated carbocycles. The number of benzene rings is 2. The van der Waals surface area contributed by atoms with Gasteiger partial charge in [-0.3, -0.25) is 4.79 Å². The third kappa shape index (κ3) is 4.04. The van der Waals surface area contributed by atoms with Crippen molar-refractivity contribution in [2.45, 2.75) is 25.4 Å². The second-order valence-corrected chi connectivity index (χ2v) is 6.99. The van der Waals surface area contributed by atoms with Gasteiger partial charge in [0.15, 0.2) is 11.5 Å². The standard InChI is InChI=1S/C22H19F3N2O2/c23-22(24,25)17-11-9-15(10-12-17)19-18(21(28)27-13-5-2-6-14-27)26-20(29-19)16-7-3-1-4-8-16/h1,3-4,7-12H,2,5-6,13-14H2. The van der Waals surface area contributed by atoms with Crippen molar-refractivity contribution in [1.29, 1.82) is 0 Å². The summed E-state index contributed by atoms with van der Waals surface area (Å²) in [5, 5.41) is 0. The van der Waals surface area contributed by atoms with Gasteiger partial charge >= 0.3 is 6.18 Å². The highest BCUT2D eigenvalue weighted by Crippen LogP contribution is 2.34. The number of hydrogen-bond acceptors (Lipinski definition) is 3. The van der Waals surface area contributed by atoms with Crippen molar-refractivity contribution in [3.05, 3.63) is 65.9 Å². The molecule has 4 rings (SSSR count). The second kappa shape index (κ2) is 7.73. The maximum absolute atomic E-state index is 13.1. The number of oxazole rings is 1. The maximum atomic E-state index is 13.1. The molecule has 150 valence electrons. The molecule has 3 aromatic rings. The van der Waals surface area contributed by atoms with Crippen LogP contribution in [0.2, 0.25) is 0 Å². The Morgan fingerprint density at radius 2 is 1.55 bits per heavy atom.